The van der Waals surface area contributed by atoms with E-state index < -0.39 is 0 Å². The molecule has 0 saturated heterocycles. The molecular weight excluding hydrogens is 226 g/mol. The number of hydrogen-bond acceptors (Lipinski definition) is 4. The van der Waals surface area contributed by atoms with Crippen LogP contribution in [0.1, 0.15) is 50.6 Å². The quantitative estimate of drug-likeness (QED) is 0.802. The van der Waals surface area contributed by atoms with Crippen LogP contribution in [0.4, 0.5) is 5.82 Å². The first-order valence-corrected chi connectivity index (χ1v) is 6.71. The van der Waals surface area contributed by atoms with Crippen LogP contribution in [0.5, 0.6) is 0 Å². The van der Waals surface area contributed by atoms with E-state index in [1.54, 1.807) is 6.92 Å². The van der Waals surface area contributed by atoms with Crippen LogP contribution >= 0.6 is 0 Å². The summed E-state index contributed by atoms with van der Waals surface area (Å²) in [4.78, 5) is 12.9. The number of rotatable bonds is 5. The van der Waals surface area contributed by atoms with Gasteiger partial charge in [0.25, 0.3) is 0 Å². The molecule has 1 saturated carbocycles. The minimum absolute atomic E-state index is 0.206. The molecule has 0 amide bonds. The van der Waals surface area contributed by atoms with Crippen LogP contribution < -0.4 is 4.90 Å². The summed E-state index contributed by atoms with van der Waals surface area (Å²) >= 11 is 0. The van der Waals surface area contributed by atoms with Gasteiger partial charge in [-0.3, -0.25) is 4.79 Å². The second-order valence-corrected chi connectivity index (χ2v) is 5.17. The number of anilines is 1. The average Bonchev–Trinajstić information content (AvgIpc) is 2.90. The van der Waals surface area contributed by atoms with Crippen molar-refractivity contribution in [2.45, 2.75) is 44.9 Å². The van der Waals surface area contributed by atoms with Gasteiger partial charge in [-0.05, 0) is 31.9 Å². The lowest BCUT2D eigenvalue weighted by molar-refractivity contribution is -0.116. The molecule has 2 rings (SSSR count). The molecule has 0 spiro atoms. The highest BCUT2D eigenvalue weighted by Crippen LogP contribution is 2.32. The number of carbonyl (C=O) groups is 1. The summed E-state index contributed by atoms with van der Waals surface area (Å²) in [6.07, 6.45) is 5.67. The molecule has 0 radical (unpaired) electrons. The molecule has 0 unspecified atom stereocenters. The van der Waals surface area contributed by atoms with Gasteiger partial charge in [-0.1, -0.05) is 12.8 Å². The SMILES string of the molecule is CC(=O)CCN(C)c1ccc(C2CCCC2)nn1. The summed E-state index contributed by atoms with van der Waals surface area (Å²) in [5, 5.41) is 8.60. The third-order valence-electron chi connectivity index (χ3n) is 3.63. The second kappa shape index (κ2) is 5.94. The van der Waals surface area contributed by atoms with E-state index >= 15 is 0 Å². The molecule has 0 N–H and O–H groups in total. The van der Waals surface area contributed by atoms with E-state index in [4.69, 9.17) is 0 Å². The lowest BCUT2D eigenvalue weighted by atomic mass is 10.0. The zero-order valence-electron chi connectivity index (χ0n) is 11.2. The molecule has 1 aromatic heterocycles. The second-order valence-electron chi connectivity index (χ2n) is 5.17. The highest BCUT2D eigenvalue weighted by atomic mass is 16.1. The molecule has 98 valence electrons. The van der Waals surface area contributed by atoms with E-state index in [2.05, 4.69) is 16.3 Å². The Morgan fingerprint density at radius 1 is 1.33 bits per heavy atom. The fourth-order valence-electron chi connectivity index (χ4n) is 2.42. The Morgan fingerprint density at radius 3 is 2.61 bits per heavy atom. The highest BCUT2D eigenvalue weighted by molar-refractivity contribution is 5.76. The van der Waals surface area contributed by atoms with Crippen LogP contribution in [0.15, 0.2) is 12.1 Å². The van der Waals surface area contributed by atoms with Gasteiger partial charge in [-0.15, -0.1) is 5.10 Å². The molecule has 4 heteroatoms. The molecule has 0 atom stereocenters. The Labute approximate surface area is 108 Å². The standard InChI is InChI=1S/C14H21N3O/c1-11(18)9-10-17(2)14-8-7-13(15-16-14)12-5-3-4-6-12/h7-8,12H,3-6,9-10H2,1-2H3. The number of aromatic nitrogens is 2. The van der Waals surface area contributed by atoms with Gasteiger partial charge in [0.15, 0.2) is 5.82 Å². The number of hydrogen-bond donors (Lipinski definition) is 0. The number of nitrogens with zero attached hydrogens (tertiary/aromatic N) is 3. The van der Waals surface area contributed by atoms with E-state index in [-0.39, 0.29) is 5.78 Å². The Balaban J connectivity index is 1.95. The van der Waals surface area contributed by atoms with Crippen molar-refractivity contribution < 1.29 is 4.79 Å². The van der Waals surface area contributed by atoms with E-state index in [9.17, 15) is 4.79 Å². The van der Waals surface area contributed by atoms with Crippen LogP contribution in [0.3, 0.4) is 0 Å². The predicted octanol–water partition coefficient (Wildman–Crippen LogP) is 2.55. The maximum absolute atomic E-state index is 10.9. The zero-order valence-corrected chi connectivity index (χ0v) is 11.2. The predicted molar refractivity (Wildman–Crippen MR) is 71.8 cm³/mol. The first-order chi connectivity index (χ1) is 8.66. The molecule has 0 aromatic carbocycles. The number of Topliss-reactive ketones (excluding diaryl/α,β-unsaturated/α-hetero) is 1. The molecule has 1 aliphatic carbocycles. The average molecular weight is 247 g/mol. The van der Waals surface area contributed by atoms with Crippen molar-refractivity contribution in [2.75, 3.05) is 18.5 Å². The molecule has 1 aromatic rings. The summed E-state index contributed by atoms with van der Waals surface area (Å²) in [6, 6.07) is 4.10. The maximum atomic E-state index is 10.9. The topological polar surface area (TPSA) is 46.1 Å². The summed E-state index contributed by atoms with van der Waals surface area (Å²) in [6.45, 7) is 2.31. The molecular formula is C14H21N3O. The molecule has 1 fully saturated rings. The smallest absolute Gasteiger partial charge is 0.150 e. The van der Waals surface area contributed by atoms with E-state index in [1.807, 2.05) is 18.0 Å². The van der Waals surface area contributed by atoms with Gasteiger partial charge in [-0.2, -0.15) is 5.10 Å². The minimum Gasteiger partial charge on any atom is -0.358 e. The van der Waals surface area contributed by atoms with Crippen molar-refractivity contribution in [1.82, 2.24) is 10.2 Å². The largest absolute Gasteiger partial charge is 0.358 e. The number of carbonyl (C=O) groups excluding carboxylic acids is 1. The monoisotopic (exact) mass is 247 g/mol. The van der Waals surface area contributed by atoms with Gasteiger partial charge in [0.1, 0.15) is 5.78 Å². The third kappa shape index (κ3) is 3.28. The number of ketones is 1. The minimum atomic E-state index is 0.206. The fraction of sp³-hybridized carbons (Fsp3) is 0.643. The van der Waals surface area contributed by atoms with Gasteiger partial charge in [-0.25, -0.2) is 0 Å². The van der Waals surface area contributed by atoms with E-state index in [0.717, 1.165) is 11.5 Å². The van der Waals surface area contributed by atoms with Gasteiger partial charge in [0, 0.05) is 25.9 Å². The Kier molecular flexibility index (Phi) is 4.28. The van der Waals surface area contributed by atoms with Crippen molar-refractivity contribution in [3.8, 4) is 0 Å². The van der Waals surface area contributed by atoms with Gasteiger partial charge < -0.3 is 4.90 Å². The molecule has 18 heavy (non-hydrogen) atoms. The van der Waals surface area contributed by atoms with E-state index in [1.165, 1.54) is 25.7 Å². The summed E-state index contributed by atoms with van der Waals surface area (Å²) in [5.74, 6) is 1.66. The summed E-state index contributed by atoms with van der Waals surface area (Å²) in [5.41, 5.74) is 1.12. The van der Waals surface area contributed by atoms with Crippen LogP contribution in [-0.4, -0.2) is 29.6 Å². The van der Waals surface area contributed by atoms with E-state index in [0.29, 0.717) is 18.9 Å². The van der Waals surface area contributed by atoms with Crippen LogP contribution in [0.2, 0.25) is 0 Å². The van der Waals surface area contributed by atoms with Crippen LogP contribution in [0.25, 0.3) is 0 Å². The Morgan fingerprint density at radius 2 is 2.06 bits per heavy atom. The van der Waals surface area contributed by atoms with Crippen molar-refractivity contribution in [1.29, 1.82) is 0 Å². The summed E-state index contributed by atoms with van der Waals surface area (Å²) in [7, 11) is 1.95. The molecule has 1 aliphatic rings. The Hall–Kier alpha value is -1.45. The van der Waals surface area contributed by atoms with Crippen molar-refractivity contribution in [3.05, 3.63) is 17.8 Å². The first-order valence-electron chi connectivity index (χ1n) is 6.71. The third-order valence-corrected chi connectivity index (χ3v) is 3.63. The zero-order chi connectivity index (χ0) is 13.0. The van der Waals surface area contributed by atoms with Crippen molar-refractivity contribution >= 4 is 11.6 Å². The fourth-order valence-corrected chi connectivity index (χ4v) is 2.42. The van der Waals surface area contributed by atoms with Gasteiger partial charge in [0.05, 0.1) is 5.69 Å². The summed E-state index contributed by atoms with van der Waals surface area (Å²) < 4.78 is 0. The van der Waals surface area contributed by atoms with Crippen molar-refractivity contribution in [3.63, 3.8) is 0 Å². The maximum Gasteiger partial charge on any atom is 0.150 e. The van der Waals surface area contributed by atoms with Gasteiger partial charge >= 0.3 is 0 Å². The molecule has 0 bridgehead atoms. The highest BCUT2D eigenvalue weighted by Gasteiger charge is 2.18. The molecule has 0 aliphatic heterocycles. The lowest BCUT2D eigenvalue weighted by Crippen LogP contribution is -2.22. The lowest BCUT2D eigenvalue weighted by Gasteiger charge is -2.17. The van der Waals surface area contributed by atoms with Crippen molar-refractivity contribution in [2.24, 2.45) is 0 Å². The van der Waals surface area contributed by atoms with Gasteiger partial charge in [0.2, 0.25) is 0 Å². The molecule has 4 nitrogen and oxygen atoms in total. The van der Waals surface area contributed by atoms with Crippen LogP contribution in [0, 0.1) is 0 Å². The van der Waals surface area contributed by atoms with Crippen LogP contribution in [-0.2, 0) is 4.79 Å². The molecule has 1 heterocycles. The normalized spacial score (nSPS) is 15.9. The Bertz CT molecular complexity index is 396. The first kappa shape index (κ1) is 13.0.